The SMILES string of the molecule is COCCOC(=O)OCOc1c2n(ccc1=O)NCN([C@H](C)C(F)(F)F)C2=O. The molecule has 1 atom stereocenters. The molecule has 28 heavy (non-hydrogen) atoms. The van der Waals surface area contributed by atoms with Crippen molar-refractivity contribution in [2.24, 2.45) is 0 Å². The number of carbonyl (C=O) groups excluding carboxylic acids is 2. The van der Waals surface area contributed by atoms with Gasteiger partial charge in [-0.2, -0.15) is 13.2 Å². The predicted octanol–water partition coefficient (Wildman–Crippen LogP) is 0.892. The highest BCUT2D eigenvalue weighted by molar-refractivity contribution is 5.96. The predicted molar refractivity (Wildman–Crippen MR) is 86.4 cm³/mol. The molecule has 156 valence electrons. The third-order valence-corrected chi connectivity index (χ3v) is 3.76. The van der Waals surface area contributed by atoms with Crippen molar-refractivity contribution in [2.75, 3.05) is 39.2 Å². The van der Waals surface area contributed by atoms with Crippen molar-refractivity contribution in [3.63, 3.8) is 0 Å². The average molecular weight is 409 g/mol. The van der Waals surface area contributed by atoms with Gasteiger partial charge in [-0.15, -0.1) is 0 Å². The largest absolute Gasteiger partial charge is 0.511 e. The lowest BCUT2D eigenvalue weighted by Crippen LogP contribution is -2.54. The van der Waals surface area contributed by atoms with Crippen LogP contribution < -0.4 is 15.6 Å². The molecule has 0 saturated heterocycles. The maximum Gasteiger partial charge on any atom is 0.511 e. The van der Waals surface area contributed by atoms with Gasteiger partial charge in [0.15, 0.2) is 5.69 Å². The van der Waals surface area contributed by atoms with Gasteiger partial charge in [0.05, 0.1) is 6.61 Å². The Bertz CT molecular complexity index is 781. The van der Waals surface area contributed by atoms with E-state index in [1.165, 1.54) is 13.3 Å². The summed E-state index contributed by atoms with van der Waals surface area (Å²) in [6.07, 6.45) is -4.60. The fourth-order valence-corrected chi connectivity index (χ4v) is 2.23. The van der Waals surface area contributed by atoms with Crippen LogP contribution in [-0.4, -0.2) is 67.6 Å². The maximum atomic E-state index is 13.0. The van der Waals surface area contributed by atoms with Crippen LogP contribution in [0.5, 0.6) is 5.75 Å². The lowest BCUT2D eigenvalue weighted by Gasteiger charge is -2.36. The number of nitrogens with zero attached hydrogens (tertiary/aromatic N) is 2. The van der Waals surface area contributed by atoms with Gasteiger partial charge in [0, 0.05) is 19.4 Å². The summed E-state index contributed by atoms with van der Waals surface area (Å²) in [5.74, 6) is -1.64. The Morgan fingerprint density at radius 1 is 1.29 bits per heavy atom. The quantitative estimate of drug-likeness (QED) is 0.402. The van der Waals surface area contributed by atoms with Crippen LogP contribution in [0.15, 0.2) is 17.1 Å². The number of halogens is 3. The van der Waals surface area contributed by atoms with E-state index in [-0.39, 0.29) is 13.2 Å². The van der Waals surface area contributed by atoms with E-state index >= 15 is 0 Å². The first kappa shape index (κ1) is 21.3. The molecule has 0 aromatic carbocycles. The Morgan fingerprint density at radius 3 is 2.64 bits per heavy atom. The number of methoxy groups -OCH3 is 1. The second-order valence-corrected chi connectivity index (χ2v) is 5.53. The number of ether oxygens (including phenoxy) is 4. The van der Waals surface area contributed by atoms with Crippen LogP contribution in [0.1, 0.15) is 17.4 Å². The number of rotatable bonds is 7. The molecular weight excluding hydrogens is 391 g/mol. The van der Waals surface area contributed by atoms with Gasteiger partial charge in [0.25, 0.3) is 5.91 Å². The molecule has 0 bridgehead atoms. The number of carbonyl (C=O) groups is 2. The van der Waals surface area contributed by atoms with E-state index in [0.717, 1.165) is 17.7 Å². The number of amides is 1. The summed E-state index contributed by atoms with van der Waals surface area (Å²) < 4.78 is 58.9. The van der Waals surface area contributed by atoms with Crippen molar-refractivity contribution in [1.29, 1.82) is 0 Å². The summed E-state index contributed by atoms with van der Waals surface area (Å²) in [6, 6.07) is -1.06. The highest BCUT2D eigenvalue weighted by Crippen LogP contribution is 2.28. The Balaban J connectivity index is 2.14. The summed E-state index contributed by atoms with van der Waals surface area (Å²) in [7, 11) is 1.40. The Hall–Kier alpha value is -2.96. The maximum absolute atomic E-state index is 13.0. The minimum Gasteiger partial charge on any atom is -0.451 e. The number of aromatic nitrogens is 1. The molecule has 0 spiro atoms. The molecule has 1 aromatic rings. The topological polar surface area (TPSA) is 108 Å². The van der Waals surface area contributed by atoms with Gasteiger partial charge >= 0.3 is 12.3 Å². The monoisotopic (exact) mass is 409 g/mol. The zero-order valence-corrected chi connectivity index (χ0v) is 14.9. The Kier molecular flexibility index (Phi) is 6.72. The fraction of sp³-hybridized carbons (Fsp3) is 0.533. The summed E-state index contributed by atoms with van der Waals surface area (Å²) in [4.78, 5) is 36.4. The first-order chi connectivity index (χ1) is 13.2. The van der Waals surface area contributed by atoms with Crippen molar-refractivity contribution in [2.45, 2.75) is 19.1 Å². The Labute approximate surface area is 156 Å². The molecule has 1 N–H and O–H groups in total. The van der Waals surface area contributed by atoms with Gasteiger partial charge in [-0.1, -0.05) is 0 Å². The van der Waals surface area contributed by atoms with Crippen molar-refractivity contribution in [3.8, 4) is 5.75 Å². The van der Waals surface area contributed by atoms with Crippen LogP contribution in [0.3, 0.4) is 0 Å². The molecule has 1 aliphatic rings. The molecule has 1 amide bonds. The Morgan fingerprint density at radius 2 is 2.00 bits per heavy atom. The van der Waals surface area contributed by atoms with Gasteiger partial charge in [-0.25, -0.2) is 4.79 Å². The molecule has 1 aliphatic heterocycles. The summed E-state index contributed by atoms with van der Waals surface area (Å²) in [6.45, 7) is -0.352. The smallest absolute Gasteiger partial charge is 0.451 e. The van der Waals surface area contributed by atoms with Crippen LogP contribution in [0.25, 0.3) is 0 Å². The molecule has 10 nitrogen and oxygen atoms in total. The van der Waals surface area contributed by atoms with Gasteiger partial charge in [0.2, 0.25) is 18.0 Å². The molecule has 2 rings (SSSR count). The number of alkyl halides is 3. The summed E-state index contributed by atoms with van der Waals surface area (Å²) >= 11 is 0. The lowest BCUT2D eigenvalue weighted by atomic mass is 10.2. The van der Waals surface area contributed by atoms with Crippen molar-refractivity contribution >= 4 is 12.1 Å². The third kappa shape index (κ3) is 4.85. The second-order valence-electron chi connectivity index (χ2n) is 5.53. The van der Waals surface area contributed by atoms with Gasteiger partial charge in [-0.05, 0) is 6.92 Å². The summed E-state index contributed by atoms with van der Waals surface area (Å²) in [5, 5.41) is 0. The van der Waals surface area contributed by atoms with Crippen molar-refractivity contribution in [1.82, 2.24) is 9.58 Å². The molecule has 0 aliphatic carbocycles. The first-order valence-corrected chi connectivity index (χ1v) is 7.95. The van der Waals surface area contributed by atoms with Crippen LogP contribution in [0.2, 0.25) is 0 Å². The summed E-state index contributed by atoms with van der Waals surface area (Å²) in [5.41, 5.74) is 1.32. The van der Waals surface area contributed by atoms with Gasteiger partial charge < -0.3 is 29.3 Å². The number of nitrogens with one attached hydrogen (secondary N) is 1. The average Bonchev–Trinajstić information content (AvgIpc) is 2.63. The molecule has 13 heteroatoms. The number of pyridine rings is 1. The lowest BCUT2D eigenvalue weighted by molar-refractivity contribution is -0.172. The first-order valence-electron chi connectivity index (χ1n) is 7.95. The van der Waals surface area contributed by atoms with Gasteiger partial charge in [0.1, 0.15) is 19.3 Å². The van der Waals surface area contributed by atoms with E-state index in [9.17, 15) is 27.6 Å². The number of hydrogen-bond acceptors (Lipinski definition) is 8. The van der Waals surface area contributed by atoms with E-state index in [0.29, 0.717) is 4.90 Å². The highest BCUT2D eigenvalue weighted by atomic mass is 19.4. The van der Waals surface area contributed by atoms with Crippen LogP contribution in [0, 0.1) is 0 Å². The third-order valence-electron chi connectivity index (χ3n) is 3.76. The van der Waals surface area contributed by atoms with Crippen molar-refractivity contribution < 1.29 is 41.7 Å². The second kappa shape index (κ2) is 8.82. The molecule has 0 fully saturated rings. The van der Waals surface area contributed by atoms with E-state index < -0.39 is 54.6 Å². The van der Waals surface area contributed by atoms with E-state index in [2.05, 4.69) is 19.6 Å². The number of fused-ring (bicyclic) bond motifs is 1. The molecular formula is C15H18F3N3O7. The minimum atomic E-state index is -4.66. The fourth-order valence-electron chi connectivity index (χ4n) is 2.23. The molecule has 1 aromatic heterocycles. The highest BCUT2D eigenvalue weighted by Gasteiger charge is 2.44. The molecule has 0 unspecified atom stereocenters. The normalized spacial score (nSPS) is 14.8. The van der Waals surface area contributed by atoms with Crippen LogP contribution in [-0.2, 0) is 14.2 Å². The molecule has 0 radical (unpaired) electrons. The minimum absolute atomic E-state index is 0.0780. The van der Waals surface area contributed by atoms with Crippen LogP contribution in [0.4, 0.5) is 18.0 Å². The number of hydrogen-bond donors (Lipinski definition) is 1. The van der Waals surface area contributed by atoms with Crippen LogP contribution >= 0.6 is 0 Å². The van der Waals surface area contributed by atoms with Gasteiger partial charge in [-0.3, -0.25) is 14.3 Å². The zero-order valence-electron chi connectivity index (χ0n) is 14.9. The zero-order chi connectivity index (χ0) is 20.9. The standard InChI is InChI=1S/C15H18F3N3O7/c1-9(15(16,17)18)20-7-19-21-4-3-10(22)12(11(21)13(20)23)27-8-28-14(24)26-6-5-25-2/h3-4,9,19H,5-8H2,1-2H3/t9-/m1/s1. The van der Waals surface area contributed by atoms with E-state index in [1.54, 1.807) is 0 Å². The molecule has 2 heterocycles. The van der Waals surface area contributed by atoms with E-state index in [4.69, 9.17) is 4.74 Å². The molecule has 0 saturated carbocycles. The van der Waals surface area contributed by atoms with E-state index in [1.807, 2.05) is 0 Å². The van der Waals surface area contributed by atoms with Crippen molar-refractivity contribution in [3.05, 3.63) is 28.2 Å².